The van der Waals surface area contributed by atoms with E-state index in [1.165, 1.54) is 0 Å². The number of carbonyl (C=O) groups is 2. The molecule has 0 saturated carbocycles. The van der Waals surface area contributed by atoms with Crippen LogP contribution in [-0.4, -0.2) is 36.9 Å². The number of nitrogens with zero attached hydrogens (tertiary/aromatic N) is 1. The van der Waals surface area contributed by atoms with E-state index in [0.717, 1.165) is 5.56 Å². The summed E-state index contributed by atoms with van der Waals surface area (Å²) in [4.78, 5) is 25.7. The van der Waals surface area contributed by atoms with E-state index in [4.69, 9.17) is 23.2 Å². The van der Waals surface area contributed by atoms with Crippen molar-refractivity contribution in [1.82, 2.24) is 4.90 Å². The fourth-order valence-electron chi connectivity index (χ4n) is 2.15. The summed E-state index contributed by atoms with van der Waals surface area (Å²) >= 11 is 11.8. The largest absolute Gasteiger partial charge is 0.325 e. The lowest BCUT2D eigenvalue weighted by atomic mass is 10.2. The molecule has 2 aromatic rings. The van der Waals surface area contributed by atoms with E-state index in [0.29, 0.717) is 21.4 Å². The van der Waals surface area contributed by atoms with Gasteiger partial charge >= 0.3 is 0 Å². The molecule has 5 nitrogen and oxygen atoms in total. The fraction of sp³-hybridized carbons (Fsp3) is 0.222. The zero-order chi connectivity index (χ0) is 18.4. The Bertz CT molecular complexity index is 763. The topological polar surface area (TPSA) is 61.4 Å². The molecular formula is C18H19Cl2N3O2. The van der Waals surface area contributed by atoms with E-state index in [-0.39, 0.29) is 24.9 Å². The number of likely N-dealkylation sites (N-methyl/N-ethyl adjacent to an activating group) is 1. The smallest absolute Gasteiger partial charge is 0.238 e. The van der Waals surface area contributed by atoms with Crippen molar-refractivity contribution in [2.75, 3.05) is 30.8 Å². The molecule has 0 unspecified atom stereocenters. The highest BCUT2D eigenvalue weighted by Crippen LogP contribution is 2.19. The van der Waals surface area contributed by atoms with Gasteiger partial charge in [0.1, 0.15) is 0 Å². The molecule has 0 aliphatic carbocycles. The van der Waals surface area contributed by atoms with Gasteiger partial charge in [-0.2, -0.15) is 0 Å². The zero-order valence-electron chi connectivity index (χ0n) is 14.0. The third-order valence-corrected chi connectivity index (χ3v) is 4.07. The molecule has 0 heterocycles. The highest BCUT2D eigenvalue weighted by molar-refractivity contribution is 6.31. The first-order valence-corrected chi connectivity index (χ1v) is 8.39. The third kappa shape index (κ3) is 6.38. The second kappa shape index (κ2) is 8.85. The predicted octanol–water partition coefficient (Wildman–Crippen LogP) is 3.81. The van der Waals surface area contributed by atoms with Crippen LogP contribution in [0.15, 0.2) is 42.5 Å². The first kappa shape index (κ1) is 19.2. The van der Waals surface area contributed by atoms with E-state index in [1.54, 1.807) is 48.3 Å². The Morgan fingerprint density at radius 3 is 2.00 bits per heavy atom. The average molecular weight is 380 g/mol. The van der Waals surface area contributed by atoms with Crippen LogP contribution in [0.3, 0.4) is 0 Å². The molecule has 0 radical (unpaired) electrons. The van der Waals surface area contributed by atoms with Crippen LogP contribution < -0.4 is 10.6 Å². The van der Waals surface area contributed by atoms with Gasteiger partial charge in [-0.3, -0.25) is 14.5 Å². The van der Waals surface area contributed by atoms with Gasteiger partial charge in [-0.25, -0.2) is 0 Å². The van der Waals surface area contributed by atoms with Crippen molar-refractivity contribution in [3.05, 3.63) is 58.1 Å². The van der Waals surface area contributed by atoms with Gasteiger partial charge in [-0.05, 0) is 55.9 Å². The Labute approximate surface area is 156 Å². The minimum absolute atomic E-state index is 0.0829. The Hall–Kier alpha value is -2.08. The summed E-state index contributed by atoms with van der Waals surface area (Å²) in [5.74, 6) is -0.433. The van der Waals surface area contributed by atoms with Crippen LogP contribution >= 0.6 is 23.2 Å². The van der Waals surface area contributed by atoms with Gasteiger partial charge in [0, 0.05) is 21.4 Å². The molecule has 0 aliphatic heterocycles. The first-order chi connectivity index (χ1) is 11.8. The molecule has 0 aliphatic rings. The standard InChI is InChI=1S/C18H19Cl2N3O2/c1-12-3-6-15(9-16(12)20)22-18(25)11-23(2)10-17(24)21-14-7-4-13(19)5-8-14/h3-9H,10-11H2,1-2H3,(H,21,24)(H,22,25). The van der Waals surface area contributed by atoms with Crippen LogP contribution in [0.2, 0.25) is 10.0 Å². The van der Waals surface area contributed by atoms with E-state index < -0.39 is 0 Å². The van der Waals surface area contributed by atoms with Gasteiger partial charge in [-0.1, -0.05) is 29.3 Å². The van der Waals surface area contributed by atoms with Gasteiger partial charge in [0.15, 0.2) is 0 Å². The number of hydrogen-bond donors (Lipinski definition) is 2. The summed E-state index contributed by atoms with van der Waals surface area (Å²) in [7, 11) is 1.70. The second-order valence-corrected chi connectivity index (χ2v) is 6.58. The molecule has 2 amide bonds. The Kier molecular flexibility index (Phi) is 6.82. The van der Waals surface area contributed by atoms with Crippen molar-refractivity contribution in [1.29, 1.82) is 0 Å². The van der Waals surface area contributed by atoms with Gasteiger partial charge in [0.05, 0.1) is 13.1 Å². The van der Waals surface area contributed by atoms with E-state index in [9.17, 15) is 9.59 Å². The number of benzene rings is 2. The Balaban J connectivity index is 1.81. The van der Waals surface area contributed by atoms with Crippen LogP contribution in [0.5, 0.6) is 0 Å². The molecule has 25 heavy (non-hydrogen) atoms. The molecule has 0 bridgehead atoms. The monoisotopic (exact) mass is 379 g/mol. The maximum atomic E-state index is 12.1. The van der Waals surface area contributed by atoms with Crippen LogP contribution in [0.25, 0.3) is 0 Å². The SMILES string of the molecule is Cc1ccc(NC(=O)CN(C)CC(=O)Nc2ccc(Cl)cc2)cc1Cl. The van der Waals surface area contributed by atoms with Crippen molar-refractivity contribution in [2.24, 2.45) is 0 Å². The molecule has 0 aromatic heterocycles. The summed E-state index contributed by atoms with van der Waals surface area (Å²) < 4.78 is 0. The number of halogens is 2. The number of carbonyl (C=O) groups excluding carboxylic acids is 2. The number of amides is 2. The van der Waals surface area contributed by atoms with Crippen molar-refractivity contribution >= 4 is 46.4 Å². The lowest BCUT2D eigenvalue weighted by Gasteiger charge is -2.16. The molecule has 0 saturated heterocycles. The minimum atomic E-state index is -0.221. The molecule has 2 N–H and O–H groups in total. The van der Waals surface area contributed by atoms with Gasteiger partial charge < -0.3 is 10.6 Å². The van der Waals surface area contributed by atoms with Gasteiger partial charge in [0.25, 0.3) is 0 Å². The molecule has 132 valence electrons. The van der Waals surface area contributed by atoms with E-state index >= 15 is 0 Å². The normalized spacial score (nSPS) is 10.6. The third-order valence-electron chi connectivity index (χ3n) is 3.41. The second-order valence-electron chi connectivity index (χ2n) is 5.74. The number of nitrogens with one attached hydrogen (secondary N) is 2. The highest BCUT2D eigenvalue weighted by atomic mass is 35.5. The van der Waals surface area contributed by atoms with Crippen LogP contribution in [0.1, 0.15) is 5.56 Å². The van der Waals surface area contributed by atoms with Crippen molar-refractivity contribution in [3.8, 4) is 0 Å². The summed E-state index contributed by atoms with van der Waals surface area (Å²) in [6.45, 7) is 2.06. The summed E-state index contributed by atoms with van der Waals surface area (Å²) in [6.07, 6.45) is 0. The fourth-order valence-corrected chi connectivity index (χ4v) is 2.46. The lowest BCUT2D eigenvalue weighted by molar-refractivity contribution is -0.119. The quantitative estimate of drug-likeness (QED) is 0.801. The molecular weight excluding hydrogens is 361 g/mol. The molecule has 0 spiro atoms. The van der Waals surface area contributed by atoms with Crippen LogP contribution in [0, 0.1) is 6.92 Å². The lowest BCUT2D eigenvalue weighted by Crippen LogP contribution is -2.36. The van der Waals surface area contributed by atoms with Crippen molar-refractivity contribution < 1.29 is 9.59 Å². The van der Waals surface area contributed by atoms with Gasteiger partial charge in [0.2, 0.25) is 11.8 Å². The predicted molar refractivity (Wildman–Crippen MR) is 102 cm³/mol. The molecule has 2 aromatic carbocycles. The van der Waals surface area contributed by atoms with Crippen molar-refractivity contribution in [3.63, 3.8) is 0 Å². The van der Waals surface area contributed by atoms with E-state index in [1.807, 2.05) is 13.0 Å². The number of anilines is 2. The minimum Gasteiger partial charge on any atom is -0.325 e. The maximum Gasteiger partial charge on any atom is 0.238 e. The Morgan fingerprint density at radius 2 is 1.44 bits per heavy atom. The molecule has 2 rings (SSSR count). The molecule has 0 fully saturated rings. The summed E-state index contributed by atoms with van der Waals surface area (Å²) in [6, 6.07) is 12.1. The van der Waals surface area contributed by atoms with Crippen LogP contribution in [-0.2, 0) is 9.59 Å². The van der Waals surface area contributed by atoms with E-state index in [2.05, 4.69) is 10.6 Å². The molecule has 7 heteroatoms. The zero-order valence-corrected chi connectivity index (χ0v) is 15.5. The Morgan fingerprint density at radius 1 is 0.920 bits per heavy atom. The first-order valence-electron chi connectivity index (χ1n) is 7.63. The van der Waals surface area contributed by atoms with Gasteiger partial charge in [-0.15, -0.1) is 0 Å². The number of aryl methyl sites for hydroxylation is 1. The molecule has 0 atom stereocenters. The maximum absolute atomic E-state index is 12.1. The number of hydrogen-bond acceptors (Lipinski definition) is 3. The summed E-state index contributed by atoms with van der Waals surface area (Å²) in [5, 5.41) is 6.70. The summed E-state index contributed by atoms with van der Waals surface area (Å²) in [5.41, 5.74) is 2.22. The van der Waals surface area contributed by atoms with Crippen LogP contribution in [0.4, 0.5) is 11.4 Å². The number of rotatable bonds is 6. The highest BCUT2D eigenvalue weighted by Gasteiger charge is 2.11. The van der Waals surface area contributed by atoms with Crippen molar-refractivity contribution in [2.45, 2.75) is 6.92 Å². The average Bonchev–Trinajstić information content (AvgIpc) is 2.52.